The molecule has 0 spiro atoms. The van der Waals surface area contributed by atoms with E-state index in [-0.39, 0.29) is 24.0 Å². The molecule has 2 fully saturated rings. The fourth-order valence-corrected chi connectivity index (χ4v) is 3.45. The second-order valence-corrected chi connectivity index (χ2v) is 7.01. The van der Waals surface area contributed by atoms with Crippen LogP contribution in [-0.2, 0) is 4.74 Å². The van der Waals surface area contributed by atoms with Crippen molar-refractivity contribution in [2.24, 2.45) is 4.99 Å². The zero-order chi connectivity index (χ0) is 17.4. The van der Waals surface area contributed by atoms with Gasteiger partial charge in [0.25, 0.3) is 0 Å². The van der Waals surface area contributed by atoms with Crippen LogP contribution in [0.4, 0.5) is 0 Å². The summed E-state index contributed by atoms with van der Waals surface area (Å²) in [4.78, 5) is 12.3. The van der Waals surface area contributed by atoms with E-state index in [4.69, 9.17) is 9.73 Å². The average Bonchev–Trinajstić information content (AvgIpc) is 3.11. The van der Waals surface area contributed by atoms with E-state index in [2.05, 4.69) is 47.8 Å². The van der Waals surface area contributed by atoms with Crippen LogP contribution in [0.25, 0.3) is 0 Å². The Kier molecular flexibility index (Phi) is 11.3. The molecule has 0 aromatic rings. The van der Waals surface area contributed by atoms with Gasteiger partial charge in [0, 0.05) is 51.4 Å². The van der Waals surface area contributed by atoms with Crippen molar-refractivity contribution in [2.45, 2.75) is 45.7 Å². The minimum atomic E-state index is 0. The van der Waals surface area contributed by atoms with Crippen LogP contribution in [0.3, 0.4) is 0 Å². The van der Waals surface area contributed by atoms with Gasteiger partial charge in [0.2, 0.25) is 0 Å². The first-order chi connectivity index (χ1) is 11.7. The average molecular weight is 467 g/mol. The summed E-state index contributed by atoms with van der Waals surface area (Å²) in [6.07, 6.45) is 2.42. The lowest BCUT2D eigenvalue weighted by atomic mass is 10.2. The highest BCUT2D eigenvalue weighted by Crippen LogP contribution is 2.17. The highest BCUT2D eigenvalue weighted by atomic mass is 127. The molecule has 0 radical (unpaired) electrons. The van der Waals surface area contributed by atoms with Crippen LogP contribution in [-0.4, -0.2) is 98.8 Å². The molecule has 2 atom stereocenters. The Balaban J connectivity index is 0.00000312. The number of likely N-dealkylation sites (tertiary alicyclic amines) is 1. The molecule has 6 nitrogen and oxygen atoms in total. The van der Waals surface area contributed by atoms with Gasteiger partial charge in [0.1, 0.15) is 0 Å². The maximum Gasteiger partial charge on any atom is 0.194 e. The number of likely N-dealkylation sites (N-methyl/N-ethyl adjacent to an activating group) is 1. The molecular formula is C18H38IN5O. The van der Waals surface area contributed by atoms with Crippen LogP contribution < -0.4 is 5.32 Å². The summed E-state index contributed by atoms with van der Waals surface area (Å²) in [5, 5.41) is 3.48. The minimum absolute atomic E-state index is 0. The smallest absolute Gasteiger partial charge is 0.194 e. The van der Waals surface area contributed by atoms with Crippen molar-refractivity contribution >= 4 is 29.9 Å². The number of halogens is 1. The summed E-state index contributed by atoms with van der Waals surface area (Å²) in [6, 6.07) is 1.28. The van der Waals surface area contributed by atoms with Gasteiger partial charge in [0.05, 0.1) is 19.8 Å². The van der Waals surface area contributed by atoms with E-state index in [9.17, 15) is 0 Å². The number of aliphatic imine (C=N–C) groups is 1. The summed E-state index contributed by atoms with van der Waals surface area (Å²) >= 11 is 0. The second kappa shape index (κ2) is 12.3. The Hall–Kier alpha value is -0.120. The predicted molar refractivity (Wildman–Crippen MR) is 116 cm³/mol. The van der Waals surface area contributed by atoms with Gasteiger partial charge < -0.3 is 19.9 Å². The summed E-state index contributed by atoms with van der Waals surface area (Å²) in [6.45, 7) is 15.6. The Morgan fingerprint density at radius 1 is 1.28 bits per heavy atom. The quantitative estimate of drug-likeness (QED) is 0.351. The topological polar surface area (TPSA) is 43.3 Å². The minimum Gasteiger partial charge on any atom is -0.379 e. The normalized spacial score (nSPS) is 23.6. The molecule has 2 aliphatic rings. The molecule has 2 aliphatic heterocycles. The summed E-state index contributed by atoms with van der Waals surface area (Å²) in [5.74, 6) is 1.09. The van der Waals surface area contributed by atoms with Gasteiger partial charge in [-0.2, -0.15) is 0 Å². The predicted octanol–water partition coefficient (Wildman–Crippen LogP) is 1.71. The molecule has 7 heteroatoms. The number of rotatable bonds is 7. The van der Waals surface area contributed by atoms with Crippen LogP contribution in [0.2, 0.25) is 0 Å². The van der Waals surface area contributed by atoms with E-state index in [1.165, 1.54) is 12.8 Å². The van der Waals surface area contributed by atoms with Crippen molar-refractivity contribution in [3.05, 3.63) is 0 Å². The number of ether oxygens (including phenoxy) is 1. The fourth-order valence-electron chi connectivity index (χ4n) is 3.45. The molecule has 2 unspecified atom stereocenters. The van der Waals surface area contributed by atoms with E-state index < -0.39 is 0 Å². The van der Waals surface area contributed by atoms with Crippen molar-refractivity contribution in [1.29, 1.82) is 0 Å². The third kappa shape index (κ3) is 7.19. The van der Waals surface area contributed by atoms with Crippen LogP contribution in [0.1, 0.15) is 33.6 Å². The van der Waals surface area contributed by atoms with Crippen LogP contribution in [0.15, 0.2) is 4.99 Å². The molecule has 0 aromatic carbocycles. The van der Waals surface area contributed by atoms with Crippen LogP contribution >= 0.6 is 24.0 Å². The van der Waals surface area contributed by atoms with Gasteiger partial charge in [-0.15, -0.1) is 24.0 Å². The fraction of sp³-hybridized carbons (Fsp3) is 0.944. The molecule has 0 saturated carbocycles. The van der Waals surface area contributed by atoms with E-state index in [0.29, 0.717) is 12.1 Å². The lowest BCUT2D eigenvalue weighted by Gasteiger charge is -2.32. The summed E-state index contributed by atoms with van der Waals surface area (Å²) in [5.41, 5.74) is 0. The number of morpholine rings is 1. The first-order valence-corrected chi connectivity index (χ1v) is 9.71. The SMILES string of the molecule is CCNC(=NCCN(C)C(C)CC)N1CCC(N2CCOCC2)C1.I. The standard InChI is InChI=1S/C18H37N5O.HI/c1-5-16(3)21(4)10-8-20-18(19-6-2)23-9-7-17(15-23)22-11-13-24-14-12-22;/h16-17H,5-15H2,1-4H3,(H,19,20);1H. The Morgan fingerprint density at radius 2 is 2.00 bits per heavy atom. The first kappa shape index (κ1) is 22.9. The van der Waals surface area contributed by atoms with Crippen molar-refractivity contribution < 1.29 is 4.74 Å². The Bertz CT molecular complexity index is 390. The first-order valence-electron chi connectivity index (χ1n) is 9.71. The highest BCUT2D eigenvalue weighted by molar-refractivity contribution is 14.0. The maximum atomic E-state index is 5.48. The number of nitrogens with zero attached hydrogens (tertiary/aromatic N) is 4. The number of nitrogens with one attached hydrogen (secondary N) is 1. The van der Waals surface area contributed by atoms with Gasteiger partial charge in [-0.05, 0) is 33.7 Å². The monoisotopic (exact) mass is 467 g/mol. The lowest BCUT2D eigenvalue weighted by Crippen LogP contribution is -2.46. The number of guanidine groups is 1. The number of hydrogen-bond donors (Lipinski definition) is 1. The zero-order valence-electron chi connectivity index (χ0n) is 16.5. The largest absolute Gasteiger partial charge is 0.379 e. The third-order valence-electron chi connectivity index (χ3n) is 5.42. The van der Waals surface area contributed by atoms with Crippen molar-refractivity contribution in [1.82, 2.24) is 20.0 Å². The number of hydrogen-bond acceptors (Lipinski definition) is 4. The lowest BCUT2D eigenvalue weighted by molar-refractivity contribution is 0.0195. The maximum absolute atomic E-state index is 5.48. The second-order valence-electron chi connectivity index (χ2n) is 7.01. The van der Waals surface area contributed by atoms with Gasteiger partial charge in [-0.3, -0.25) is 9.89 Å². The van der Waals surface area contributed by atoms with Crippen molar-refractivity contribution in [3.8, 4) is 0 Å². The van der Waals surface area contributed by atoms with Gasteiger partial charge in [-0.25, -0.2) is 0 Å². The van der Waals surface area contributed by atoms with E-state index in [1.807, 2.05) is 0 Å². The van der Waals surface area contributed by atoms with Crippen molar-refractivity contribution in [3.63, 3.8) is 0 Å². The van der Waals surface area contributed by atoms with Gasteiger partial charge >= 0.3 is 0 Å². The molecule has 2 heterocycles. The molecule has 148 valence electrons. The molecule has 2 saturated heterocycles. The molecule has 25 heavy (non-hydrogen) atoms. The van der Waals surface area contributed by atoms with Crippen molar-refractivity contribution in [2.75, 3.05) is 66.1 Å². The zero-order valence-corrected chi connectivity index (χ0v) is 18.9. The van der Waals surface area contributed by atoms with E-state index in [0.717, 1.165) is 65.0 Å². The Morgan fingerprint density at radius 3 is 2.64 bits per heavy atom. The molecular weight excluding hydrogens is 429 g/mol. The molecule has 0 bridgehead atoms. The molecule has 0 aliphatic carbocycles. The van der Waals surface area contributed by atoms with E-state index in [1.54, 1.807) is 0 Å². The Labute approximate surface area is 171 Å². The molecule has 0 aromatic heterocycles. The summed E-state index contributed by atoms with van der Waals surface area (Å²) in [7, 11) is 2.20. The van der Waals surface area contributed by atoms with Gasteiger partial charge in [0.15, 0.2) is 5.96 Å². The van der Waals surface area contributed by atoms with E-state index >= 15 is 0 Å². The molecule has 1 N–H and O–H groups in total. The summed E-state index contributed by atoms with van der Waals surface area (Å²) < 4.78 is 5.48. The van der Waals surface area contributed by atoms with Crippen LogP contribution in [0, 0.1) is 0 Å². The van der Waals surface area contributed by atoms with Gasteiger partial charge in [-0.1, -0.05) is 6.92 Å². The highest BCUT2D eigenvalue weighted by Gasteiger charge is 2.30. The molecule has 2 rings (SSSR count). The third-order valence-corrected chi connectivity index (χ3v) is 5.42. The molecule has 0 amide bonds. The van der Waals surface area contributed by atoms with Crippen LogP contribution in [0.5, 0.6) is 0 Å².